The van der Waals surface area contributed by atoms with Crippen LogP contribution in [0.15, 0.2) is 67.0 Å². The van der Waals surface area contributed by atoms with Crippen molar-refractivity contribution in [3.05, 3.63) is 89.5 Å². The third kappa shape index (κ3) is 5.01. The summed E-state index contributed by atoms with van der Waals surface area (Å²) in [6.45, 7) is 0.518. The highest BCUT2D eigenvalue weighted by Crippen LogP contribution is 2.19. The fourth-order valence-electron chi connectivity index (χ4n) is 2.76. The van der Waals surface area contributed by atoms with E-state index in [0.29, 0.717) is 17.7 Å². The van der Waals surface area contributed by atoms with Crippen molar-refractivity contribution in [3.63, 3.8) is 0 Å². The molecule has 1 amide bonds. The largest absolute Gasteiger partial charge is 0.481 e. The van der Waals surface area contributed by atoms with E-state index in [4.69, 9.17) is 5.11 Å². The maximum absolute atomic E-state index is 13.1. The minimum absolute atomic E-state index is 0.301. The van der Waals surface area contributed by atoms with Crippen LogP contribution >= 0.6 is 0 Å². The second-order valence-corrected chi connectivity index (χ2v) is 6.08. The average Bonchev–Trinajstić information content (AvgIpc) is 3.14. The molecule has 2 N–H and O–H groups in total. The van der Waals surface area contributed by atoms with Gasteiger partial charge in [0.2, 0.25) is 0 Å². The minimum atomic E-state index is -1.06. The van der Waals surface area contributed by atoms with Crippen molar-refractivity contribution in [2.24, 2.45) is 0 Å². The predicted molar refractivity (Wildman–Crippen MR) is 96.6 cm³/mol. The molecular formula is C20H18FN3O3. The van der Waals surface area contributed by atoms with E-state index < -0.39 is 23.7 Å². The molecule has 0 saturated heterocycles. The van der Waals surface area contributed by atoms with Gasteiger partial charge in [0, 0.05) is 18.0 Å². The van der Waals surface area contributed by atoms with Gasteiger partial charge in [-0.1, -0.05) is 24.3 Å². The van der Waals surface area contributed by atoms with Crippen LogP contribution < -0.4 is 5.32 Å². The first-order valence-corrected chi connectivity index (χ1v) is 8.36. The third-order valence-corrected chi connectivity index (χ3v) is 4.05. The topological polar surface area (TPSA) is 84.2 Å². The van der Waals surface area contributed by atoms with Gasteiger partial charge in [0.05, 0.1) is 19.0 Å². The van der Waals surface area contributed by atoms with E-state index in [9.17, 15) is 14.0 Å². The average molecular weight is 367 g/mol. The van der Waals surface area contributed by atoms with Crippen LogP contribution in [0.2, 0.25) is 0 Å². The number of hydrogen-bond donors (Lipinski definition) is 2. The summed E-state index contributed by atoms with van der Waals surface area (Å²) < 4.78 is 14.9. The van der Waals surface area contributed by atoms with Crippen LogP contribution in [0.1, 0.15) is 33.9 Å². The molecule has 1 atom stereocenters. The second kappa shape index (κ2) is 8.27. The standard InChI is InChI=1S/C20H18FN3O3/c21-17-7-5-15(6-8-17)18(12-19(25)26)23-20(27)16-4-1-3-14(11-16)13-24-10-2-9-22-24/h1-11,18H,12-13H2,(H,23,27)(H,25,26)/t18-/m0/s1. The quantitative estimate of drug-likeness (QED) is 0.672. The first kappa shape index (κ1) is 18.3. The van der Waals surface area contributed by atoms with Crippen LogP contribution in [0, 0.1) is 5.82 Å². The zero-order chi connectivity index (χ0) is 19.2. The zero-order valence-electron chi connectivity index (χ0n) is 14.4. The lowest BCUT2D eigenvalue weighted by Gasteiger charge is -2.18. The number of aromatic nitrogens is 2. The maximum atomic E-state index is 13.1. The molecule has 3 aromatic rings. The van der Waals surface area contributed by atoms with E-state index in [2.05, 4.69) is 10.4 Å². The summed E-state index contributed by atoms with van der Waals surface area (Å²) in [7, 11) is 0. The molecule has 3 rings (SSSR count). The Morgan fingerprint density at radius 2 is 1.93 bits per heavy atom. The molecule has 0 aliphatic heterocycles. The molecule has 0 unspecified atom stereocenters. The van der Waals surface area contributed by atoms with Gasteiger partial charge in [-0.15, -0.1) is 0 Å². The highest BCUT2D eigenvalue weighted by Gasteiger charge is 2.19. The van der Waals surface area contributed by atoms with Crippen LogP contribution in [0.5, 0.6) is 0 Å². The Labute approximate surface area is 155 Å². The molecule has 0 spiro atoms. The highest BCUT2D eigenvalue weighted by atomic mass is 19.1. The monoisotopic (exact) mass is 367 g/mol. The Balaban J connectivity index is 1.76. The molecule has 0 saturated carbocycles. The van der Waals surface area contributed by atoms with Gasteiger partial charge < -0.3 is 10.4 Å². The van der Waals surface area contributed by atoms with Crippen molar-refractivity contribution in [2.45, 2.75) is 19.0 Å². The minimum Gasteiger partial charge on any atom is -0.481 e. The van der Waals surface area contributed by atoms with E-state index in [1.165, 1.54) is 24.3 Å². The number of hydrogen-bond acceptors (Lipinski definition) is 3. The lowest BCUT2D eigenvalue weighted by atomic mass is 10.0. The van der Waals surface area contributed by atoms with Crippen LogP contribution in [-0.4, -0.2) is 26.8 Å². The fraction of sp³-hybridized carbons (Fsp3) is 0.150. The Kier molecular flexibility index (Phi) is 5.61. The smallest absolute Gasteiger partial charge is 0.305 e. The van der Waals surface area contributed by atoms with Crippen LogP contribution in [-0.2, 0) is 11.3 Å². The zero-order valence-corrected chi connectivity index (χ0v) is 14.4. The summed E-state index contributed by atoms with van der Waals surface area (Å²) in [4.78, 5) is 23.8. The summed E-state index contributed by atoms with van der Waals surface area (Å²) >= 11 is 0. The van der Waals surface area contributed by atoms with Crippen LogP contribution in [0.3, 0.4) is 0 Å². The number of halogens is 1. The van der Waals surface area contributed by atoms with Crippen molar-refractivity contribution in [2.75, 3.05) is 0 Å². The van der Waals surface area contributed by atoms with Crippen LogP contribution in [0.4, 0.5) is 4.39 Å². The fourth-order valence-corrected chi connectivity index (χ4v) is 2.76. The van der Waals surface area contributed by atoms with Crippen molar-refractivity contribution in [1.82, 2.24) is 15.1 Å². The number of carboxylic acids is 1. The number of aliphatic carboxylic acids is 1. The normalized spacial score (nSPS) is 11.7. The van der Waals surface area contributed by atoms with Crippen LogP contribution in [0.25, 0.3) is 0 Å². The number of carboxylic acid groups (broad SMARTS) is 1. The van der Waals surface area contributed by atoms with E-state index in [-0.39, 0.29) is 6.42 Å². The number of amides is 1. The van der Waals surface area contributed by atoms with E-state index in [0.717, 1.165) is 5.56 Å². The van der Waals surface area contributed by atoms with Crippen molar-refractivity contribution in [3.8, 4) is 0 Å². The van der Waals surface area contributed by atoms with Crippen molar-refractivity contribution in [1.29, 1.82) is 0 Å². The van der Waals surface area contributed by atoms with E-state index in [1.807, 2.05) is 18.3 Å². The Bertz CT molecular complexity index is 924. The number of carbonyl (C=O) groups is 2. The summed E-state index contributed by atoms with van der Waals surface area (Å²) in [6, 6.07) is 13.5. The Morgan fingerprint density at radius 1 is 1.15 bits per heavy atom. The van der Waals surface area contributed by atoms with Crippen molar-refractivity contribution >= 4 is 11.9 Å². The number of carbonyl (C=O) groups excluding carboxylic acids is 1. The van der Waals surface area contributed by atoms with Gasteiger partial charge in [-0.25, -0.2) is 4.39 Å². The van der Waals surface area contributed by atoms with Gasteiger partial charge in [-0.05, 0) is 41.5 Å². The summed E-state index contributed by atoms with van der Waals surface area (Å²) in [6.07, 6.45) is 3.20. The molecule has 0 radical (unpaired) electrons. The van der Waals surface area contributed by atoms with Gasteiger partial charge in [-0.2, -0.15) is 5.10 Å². The van der Waals surface area contributed by atoms with Gasteiger partial charge in [0.15, 0.2) is 0 Å². The molecule has 1 heterocycles. The number of rotatable bonds is 7. The first-order chi connectivity index (χ1) is 13.0. The Morgan fingerprint density at radius 3 is 2.59 bits per heavy atom. The molecule has 0 bridgehead atoms. The molecule has 2 aromatic carbocycles. The summed E-state index contributed by atoms with van der Waals surface area (Å²) in [5.74, 6) is -1.88. The number of nitrogens with one attached hydrogen (secondary N) is 1. The van der Waals surface area contributed by atoms with Gasteiger partial charge >= 0.3 is 5.97 Å². The lowest BCUT2D eigenvalue weighted by Crippen LogP contribution is -2.30. The summed E-state index contributed by atoms with van der Waals surface area (Å²) in [5.41, 5.74) is 1.83. The van der Waals surface area contributed by atoms with E-state index >= 15 is 0 Å². The lowest BCUT2D eigenvalue weighted by molar-refractivity contribution is -0.137. The molecule has 6 nitrogen and oxygen atoms in total. The van der Waals surface area contributed by atoms with Crippen molar-refractivity contribution < 1.29 is 19.1 Å². The maximum Gasteiger partial charge on any atom is 0.305 e. The molecule has 7 heteroatoms. The molecular weight excluding hydrogens is 349 g/mol. The number of nitrogens with zero attached hydrogens (tertiary/aromatic N) is 2. The summed E-state index contributed by atoms with van der Waals surface area (Å²) in [5, 5.41) is 16.0. The molecule has 0 aliphatic rings. The second-order valence-electron chi connectivity index (χ2n) is 6.08. The molecule has 0 fully saturated rings. The van der Waals surface area contributed by atoms with Gasteiger partial charge in [-0.3, -0.25) is 14.3 Å². The molecule has 0 aliphatic carbocycles. The van der Waals surface area contributed by atoms with E-state index in [1.54, 1.807) is 29.1 Å². The Hall–Kier alpha value is -3.48. The SMILES string of the molecule is O=C(O)C[C@H](NC(=O)c1cccc(Cn2cccn2)c1)c1ccc(F)cc1. The third-order valence-electron chi connectivity index (χ3n) is 4.05. The number of benzene rings is 2. The van der Waals surface area contributed by atoms with Gasteiger partial charge in [0.1, 0.15) is 5.82 Å². The highest BCUT2D eigenvalue weighted by molar-refractivity contribution is 5.94. The molecule has 1 aromatic heterocycles. The van der Waals surface area contributed by atoms with Gasteiger partial charge in [0.25, 0.3) is 5.91 Å². The molecule has 27 heavy (non-hydrogen) atoms. The molecule has 138 valence electrons. The predicted octanol–water partition coefficient (Wildman–Crippen LogP) is 3.02. The first-order valence-electron chi connectivity index (χ1n) is 8.36.